The maximum absolute atomic E-state index is 13.3. The lowest BCUT2D eigenvalue weighted by atomic mass is 10.0. The number of aromatic carboxylic acids is 1. The second kappa shape index (κ2) is 8.67. The number of nitrogens with zero attached hydrogens (tertiary/aromatic N) is 2. The Morgan fingerprint density at radius 3 is 2.42 bits per heavy atom. The van der Waals surface area contributed by atoms with E-state index in [1.54, 1.807) is 18.2 Å². The fraction of sp³-hybridized carbons (Fsp3) is 0.0800. The highest BCUT2D eigenvalue weighted by Crippen LogP contribution is 2.26. The third kappa shape index (κ3) is 3.96. The van der Waals surface area contributed by atoms with Crippen molar-refractivity contribution in [2.45, 2.75) is 13.3 Å². The zero-order valence-electron chi connectivity index (χ0n) is 16.9. The van der Waals surface area contributed by atoms with E-state index in [1.807, 2.05) is 61.5 Å². The summed E-state index contributed by atoms with van der Waals surface area (Å²) in [5.74, 6) is -1.06. The summed E-state index contributed by atoms with van der Waals surface area (Å²) in [6.07, 6.45) is 2.04. The van der Waals surface area contributed by atoms with Gasteiger partial charge in [-0.1, -0.05) is 67.6 Å². The first kappa shape index (κ1) is 20.1. The number of aliphatic imine (C=N–C) groups is 1. The molecule has 0 saturated carbocycles. The monoisotopic (exact) mass is 411 g/mol. The summed E-state index contributed by atoms with van der Waals surface area (Å²) < 4.78 is 1.52. The second-order valence-electron chi connectivity index (χ2n) is 6.96. The van der Waals surface area contributed by atoms with Gasteiger partial charge in [0.25, 0.3) is 5.56 Å². The van der Waals surface area contributed by atoms with Gasteiger partial charge in [0.2, 0.25) is 0 Å². The minimum atomic E-state index is -1.06. The molecule has 0 amide bonds. The molecule has 3 aromatic carbocycles. The Kier molecular flexibility index (Phi) is 5.62. The number of aromatic amines is 1. The molecule has 0 atom stereocenters. The van der Waals surface area contributed by atoms with Crippen LogP contribution in [0.1, 0.15) is 28.5 Å². The van der Waals surface area contributed by atoms with Gasteiger partial charge in [-0.3, -0.25) is 14.9 Å². The Hall–Kier alpha value is -4.19. The molecule has 0 radical (unpaired) electrons. The van der Waals surface area contributed by atoms with E-state index in [0.717, 1.165) is 22.5 Å². The fourth-order valence-corrected chi connectivity index (χ4v) is 3.50. The Morgan fingerprint density at radius 2 is 1.68 bits per heavy atom. The first-order valence-electron chi connectivity index (χ1n) is 9.95. The molecule has 1 aromatic heterocycles. The molecule has 0 aliphatic heterocycles. The van der Waals surface area contributed by atoms with E-state index in [-0.39, 0.29) is 11.1 Å². The third-order valence-corrected chi connectivity index (χ3v) is 5.06. The van der Waals surface area contributed by atoms with Gasteiger partial charge < -0.3 is 5.11 Å². The average Bonchev–Trinajstić information content (AvgIpc) is 3.13. The van der Waals surface area contributed by atoms with E-state index < -0.39 is 5.97 Å². The number of carbonyl (C=O) groups is 1. The molecular formula is C25H21N3O3. The van der Waals surface area contributed by atoms with Gasteiger partial charge >= 0.3 is 5.97 Å². The van der Waals surface area contributed by atoms with Gasteiger partial charge in [-0.25, -0.2) is 9.48 Å². The predicted octanol–water partition coefficient (Wildman–Crippen LogP) is 4.84. The third-order valence-electron chi connectivity index (χ3n) is 5.06. The number of benzene rings is 3. The van der Waals surface area contributed by atoms with Crippen LogP contribution in [0.5, 0.6) is 0 Å². The van der Waals surface area contributed by atoms with E-state index in [4.69, 9.17) is 0 Å². The molecule has 0 aliphatic rings. The molecule has 31 heavy (non-hydrogen) atoms. The maximum Gasteiger partial charge on any atom is 0.337 e. The number of hydrogen-bond acceptors (Lipinski definition) is 3. The number of hydrogen-bond donors (Lipinski definition) is 2. The van der Waals surface area contributed by atoms with Gasteiger partial charge in [-0.05, 0) is 30.2 Å². The largest absolute Gasteiger partial charge is 0.478 e. The van der Waals surface area contributed by atoms with Gasteiger partial charge in [0, 0.05) is 17.5 Å². The highest BCUT2D eigenvalue weighted by molar-refractivity contribution is 5.95. The number of H-pyrrole nitrogens is 1. The van der Waals surface area contributed by atoms with Crippen molar-refractivity contribution in [1.29, 1.82) is 0 Å². The molecule has 1 heterocycles. The van der Waals surface area contributed by atoms with Crippen molar-refractivity contribution in [3.8, 4) is 16.8 Å². The smallest absolute Gasteiger partial charge is 0.337 e. The van der Waals surface area contributed by atoms with Crippen LogP contribution in [0.2, 0.25) is 0 Å². The van der Waals surface area contributed by atoms with E-state index in [0.29, 0.717) is 17.7 Å². The van der Waals surface area contributed by atoms with Crippen LogP contribution in [0, 0.1) is 0 Å². The fourth-order valence-electron chi connectivity index (χ4n) is 3.50. The van der Waals surface area contributed by atoms with Crippen molar-refractivity contribution in [1.82, 2.24) is 9.78 Å². The predicted molar refractivity (Wildman–Crippen MR) is 122 cm³/mol. The quantitative estimate of drug-likeness (QED) is 0.445. The van der Waals surface area contributed by atoms with Crippen LogP contribution >= 0.6 is 0 Å². The Morgan fingerprint density at radius 1 is 1.00 bits per heavy atom. The SMILES string of the molecule is CCc1[nH]n(-c2ccccc2-c2ccccc2)c(=O)c1C=Nc1ccccc1C(=O)O. The molecule has 2 N–H and O–H groups in total. The molecule has 6 heteroatoms. The summed E-state index contributed by atoms with van der Waals surface area (Å²) in [7, 11) is 0. The lowest BCUT2D eigenvalue weighted by molar-refractivity contribution is 0.0698. The van der Waals surface area contributed by atoms with E-state index in [2.05, 4.69) is 10.1 Å². The van der Waals surface area contributed by atoms with Crippen LogP contribution in [0.3, 0.4) is 0 Å². The number of aryl methyl sites for hydroxylation is 1. The molecule has 0 spiro atoms. The molecule has 6 nitrogen and oxygen atoms in total. The van der Waals surface area contributed by atoms with Gasteiger partial charge in [0.1, 0.15) is 0 Å². The highest BCUT2D eigenvalue weighted by Gasteiger charge is 2.16. The number of nitrogens with one attached hydrogen (secondary N) is 1. The average molecular weight is 411 g/mol. The van der Waals surface area contributed by atoms with Gasteiger partial charge in [-0.2, -0.15) is 0 Å². The Balaban J connectivity index is 1.82. The number of rotatable bonds is 6. The summed E-state index contributed by atoms with van der Waals surface area (Å²) in [5, 5.41) is 12.6. The summed E-state index contributed by atoms with van der Waals surface area (Å²) in [4.78, 5) is 29.1. The van der Waals surface area contributed by atoms with Crippen molar-refractivity contribution in [2.24, 2.45) is 4.99 Å². The molecular weight excluding hydrogens is 390 g/mol. The normalized spacial score (nSPS) is 11.1. The van der Waals surface area contributed by atoms with Crippen molar-refractivity contribution in [2.75, 3.05) is 0 Å². The van der Waals surface area contributed by atoms with Crippen molar-refractivity contribution >= 4 is 17.9 Å². The van der Waals surface area contributed by atoms with Gasteiger partial charge in [0.05, 0.1) is 22.5 Å². The molecule has 0 saturated heterocycles. The summed E-state index contributed by atoms with van der Waals surface area (Å²) in [6, 6.07) is 24.0. The zero-order valence-corrected chi connectivity index (χ0v) is 16.9. The topological polar surface area (TPSA) is 87.5 Å². The second-order valence-corrected chi connectivity index (χ2v) is 6.96. The molecule has 0 aliphatic carbocycles. The van der Waals surface area contributed by atoms with E-state index in [1.165, 1.54) is 17.0 Å². The minimum absolute atomic E-state index is 0.0853. The van der Waals surface area contributed by atoms with Crippen LogP contribution in [0.25, 0.3) is 16.8 Å². The van der Waals surface area contributed by atoms with Crippen molar-refractivity contribution < 1.29 is 9.90 Å². The lowest BCUT2D eigenvalue weighted by Gasteiger charge is -2.09. The van der Waals surface area contributed by atoms with Crippen LogP contribution in [-0.4, -0.2) is 27.1 Å². The molecule has 0 fully saturated rings. The van der Waals surface area contributed by atoms with E-state index >= 15 is 0 Å². The van der Waals surface area contributed by atoms with Crippen LogP contribution in [0.15, 0.2) is 88.6 Å². The first-order chi connectivity index (χ1) is 15.1. The van der Waals surface area contributed by atoms with Crippen molar-refractivity contribution in [3.63, 3.8) is 0 Å². The van der Waals surface area contributed by atoms with Gasteiger partial charge in [-0.15, -0.1) is 0 Å². The minimum Gasteiger partial charge on any atom is -0.478 e. The maximum atomic E-state index is 13.3. The Labute approximate surface area is 179 Å². The van der Waals surface area contributed by atoms with Crippen LogP contribution < -0.4 is 5.56 Å². The molecule has 4 aromatic rings. The molecule has 0 unspecified atom stereocenters. The number of para-hydroxylation sites is 2. The number of aromatic nitrogens is 2. The summed E-state index contributed by atoms with van der Waals surface area (Å²) in [5.41, 5.74) is 3.94. The van der Waals surface area contributed by atoms with Crippen LogP contribution in [-0.2, 0) is 6.42 Å². The molecule has 154 valence electrons. The van der Waals surface area contributed by atoms with Gasteiger partial charge in [0.15, 0.2) is 0 Å². The highest BCUT2D eigenvalue weighted by atomic mass is 16.4. The Bertz CT molecular complexity index is 1320. The van der Waals surface area contributed by atoms with E-state index in [9.17, 15) is 14.7 Å². The molecule has 4 rings (SSSR count). The summed E-state index contributed by atoms with van der Waals surface area (Å²) >= 11 is 0. The standard InChI is InChI=1S/C25H21N3O3/c1-2-21-20(16-26-22-14-8-6-13-19(22)25(30)31)24(29)28(27-21)23-15-9-7-12-18(23)17-10-4-3-5-11-17/h3-16,27H,2H2,1H3,(H,30,31). The number of carboxylic acid groups (broad SMARTS) is 1. The summed E-state index contributed by atoms with van der Waals surface area (Å²) in [6.45, 7) is 1.95. The van der Waals surface area contributed by atoms with Crippen molar-refractivity contribution in [3.05, 3.63) is 106 Å². The first-order valence-corrected chi connectivity index (χ1v) is 9.95. The lowest BCUT2D eigenvalue weighted by Crippen LogP contribution is -2.18. The molecule has 0 bridgehead atoms. The zero-order chi connectivity index (χ0) is 21.8. The van der Waals surface area contributed by atoms with Crippen LogP contribution in [0.4, 0.5) is 5.69 Å². The number of carboxylic acids is 1.